The Kier molecular flexibility index (Phi) is 5.02. The first-order chi connectivity index (χ1) is 6.72. The van der Waals surface area contributed by atoms with Crippen LogP contribution in [0.25, 0.3) is 0 Å². The van der Waals surface area contributed by atoms with Crippen LogP contribution in [0.5, 0.6) is 0 Å². The van der Waals surface area contributed by atoms with Crippen LogP contribution in [-0.2, 0) is 6.54 Å². The van der Waals surface area contributed by atoms with E-state index >= 15 is 0 Å². The zero-order chi connectivity index (χ0) is 10.4. The fourth-order valence-corrected chi connectivity index (χ4v) is 1.52. The number of likely N-dealkylation sites (N-methyl/N-ethyl adjacent to an activating group) is 1. The molecule has 76 valence electrons. The molecular weight excluding hydrogens is 217 g/mol. The molecule has 0 aromatic heterocycles. The molecule has 1 aromatic rings. The van der Waals surface area contributed by atoms with Crippen molar-refractivity contribution >= 4 is 23.2 Å². The Hall–Kier alpha value is -0.500. The van der Waals surface area contributed by atoms with Crippen molar-refractivity contribution in [3.05, 3.63) is 46.5 Å². The third kappa shape index (κ3) is 4.14. The normalized spacial score (nSPS) is 11.4. The van der Waals surface area contributed by atoms with Crippen molar-refractivity contribution in [3.8, 4) is 0 Å². The van der Waals surface area contributed by atoms with Crippen molar-refractivity contribution in [1.82, 2.24) is 4.90 Å². The molecule has 0 unspecified atom stereocenters. The summed E-state index contributed by atoms with van der Waals surface area (Å²) in [6.45, 7) is 1.72. The van der Waals surface area contributed by atoms with Crippen molar-refractivity contribution in [2.24, 2.45) is 0 Å². The molecule has 14 heavy (non-hydrogen) atoms. The lowest BCUT2D eigenvalue weighted by molar-refractivity contribution is 0.363. The molecule has 0 amide bonds. The van der Waals surface area contributed by atoms with E-state index in [1.54, 1.807) is 0 Å². The van der Waals surface area contributed by atoms with Gasteiger partial charge in [-0.25, -0.2) is 0 Å². The third-order valence-corrected chi connectivity index (χ3v) is 2.26. The van der Waals surface area contributed by atoms with Gasteiger partial charge in [0.15, 0.2) is 0 Å². The maximum absolute atomic E-state index is 5.88. The molecule has 0 aliphatic rings. The van der Waals surface area contributed by atoms with E-state index in [-0.39, 0.29) is 0 Å². The van der Waals surface area contributed by atoms with Crippen molar-refractivity contribution in [1.29, 1.82) is 0 Å². The lowest BCUT2D eigenvalue weighted by Gasteiger charge is -2.14. The molecule has 0 radical (unpaired) electrons. The highest BCUT2D eigenvalue weighted by molar-refractivity contribution is 6.30. The smallest absolute Gasteiger partial charge is 0.0409 e. The molecule has 1 nitrogen and oxygen atoms in total. The number of hydrogen-bond acceptors (Lipinski definition) is 1. The molecule has 0 heterocycles. The predicted molar refractivity (Wildman–Crippen MR) is 62.8 cm³/mol. The number of hydrogen-bond donors (Lipinski definition) is 0. The summed E-state index contributed by atoms with van der Waals surface area (Å²) < 4.78 is 0. The van der Waals surface area contributed by atoms with Crippen molar-refractivity contribution in [3.63, 3.8) is 0 Å². The lowest BCUT2D eigenvalue weighted by Crippen LogP contribution is -2.17. The Balaban J connectivity index is 2.51. The maximum atomic E-state index is 5.88. The van der Waals surface area contributed by atoms with Gasteiger partial charge in [-0.3, -0.25) is 4.90 Å². The second kappa shape index (κ2) is 6.07. The third-order valence-electron chi connectivity index (χ3n) is 1.85. The molecular formula is C11H13Cl2N. The number of benzene rings is 1. The molecule has 0 fully saturated rings. The monoisotopic (exact) mass is 229 g/mol. The molecule has 0 N–H and O–H groups in total. The van der Waals surface area contributed by atoms with Gasteiger partial charge in [0.25, 0.3) is 0 Å². The second-order valence-electron chi connectivity index (χ2n) is 3.19. The summed E-state index contributed by atoms with van der Waals surface area (Å²) in [5.41, 5.74) is 2.75. The SMILES string of the molecule is CN(C/C=C/Cl)Cc1cccc(Cl)c1. The van der Waals surface area contributed by atoms with Crippen LogP contribution in [0.3, 0.4) is 0 Å². The summed E-state index contributed by atoms with van der Waals surface area (Å²) in [4.78, 5) is 2.16. The average molecular weight is 230 g/mol. The van der Waals surface area contributed by atoms with Crippen molar-refractivity contribution < 1.29 is 0 Å². The van der Waals surface area contributed by atoms with Gasteiger partial charge in [-0.15, -0.1) is 0 Å². The van der Waals surface area contributed by atoms with E-state index in [0.29, 0.717) is 0 Å². The molecule has 0 atom stereocenters. The van der Waals surface area contributed by atoms with Crippen LogP contribution in [0, 0.1) is 0 Å². The van der Waals surface area contributed by atoms with Crippen LogP contribution in [0.1, 0.15) is 5.56 Å². The highest BCUT2D eigenvalue weighted by atomic mass is 35.5. The predicted octanol–water partition coefficient (Wildman–Crippen LogP) is 3.52. The van der Waals surface area contributed by atoms with Gasteiger partial charge in [-0.05, 0) is 24.7 Å². The van der Waals surface area contributed by atoms with Crippen molar-refractivity contribution in [2.45, 2.75) is 6.54 Å². The van der Waals surface area contributed by atoms with Crippen LogP contribution in [0.4, 0.5) is 0 Å². The van der Waals surface area contributed by atoms with E-state index in [1.807, 2.05) is 31.3 Å². The van der Waals surface area contributed by atoms with Crippen LogP contribution < -0.4 is 0 Å². The van der Waals surface area contributed by atoms with E-state index in [1.165, 1.54) is 11.1 Å². The Morgan fingerprint density at radius 2 is 2.21 bits per heavy atom. The molecule has 1 rings (SSSR count). The Labute approximate surface area is 94.9 Å². The summed E-state index contributed by atoms with van der Waals surface area (Å²) in [7, 11) is 2.04. The average Bonchev–Trinajstić information content (AvgIpc) is 2.15. The van der Waals surface area contributed by atoms with E-state index in [4.69, 9.17) is 23.2 Å². The highest BCUT2D eigenvalue weighted by Crippen LogP contribution is 2.11. The summed E-state index contributed by atoms with van der Waals surface area (Å²) in [5.74, 6) is 0. The number of rotatable bonds is 4. The first-order valence-corrected chi connectivity index (χ1v) is 5.22. The fraction of sp³-hybridized carbons (Fsp3) is 0.273. The van der Waals surface area contributed by atoms with E-state index in [2.05, 4.69) is 11.0 Å². The number of nitrogens with zero attached hydrogens (tertiary/aromatic N) is 1. The van der Waals surface area contributed by atoms with Gasteiger partial charge < -0.3 is 0 Å². The molecule has 1 aromatic carbocycles. The second-order valence-corrected chi connectivity index (χ2v) is 3.88. The summed E-state index contributed by atoms with van der Waals surface area (Å²) in [5, 5.41) is 0.781. The van der Waals surface area contributed by atoms with Gasteiger partial charge in [-0.1, -0.05) is 41.4 Å². The van der Waals surface area contributed by atoms with Crippen LogP contribution in [0.2, 0.25) is 5.02 Å². The zero-order valence-corrected chi connectivity index (χ0v) is 9.59. The Morgan fingerprint density at radius 3 is 2.86 bits per heavy atom. The summed E-state index contributed by atoms with van der Waals surface area (Å²) in [6.07, 6.45) is 1.91. The van der Waals surface area contributed by atoms with Gasteiger partial charge in [-0.2, -0.15) is 0 Å². The van der Waals surface area contributed by atoms with Crippen LogP contribution in [-0.4, -0.2) is 18.5 Å². The lowest BCUT2D eigenvalue weighted by atomic mass is 10.2. The fourth-order valence-electron chi connectivity index (χ4n) is 1.23. The van der Waals surface area contributed by atoms with E-state index in [0.717, 1.165) is 18.1 Å². The summed E-state index contributed by atoms with van der Waals surface area (Å²) in [6, 6.07) is 7.88. The minimum Gasteiger partial charge on any atom is -0.298 e. The molecule has 0 aliphatic heterocycles. The minimum atomic E-state index is 0.781. The van der Waals surface area contributed by atoms with Crippen LogP contribution in [0.15, 0.2) is 35.9 Å². The molecule has 3 heteroatoms. The van der Waals surface area contributed by atoms with Gasteiger partial charge >= 0.3 is 0 Å². The first kappa shape index (κ1) is 11.6. The standard InChI is InChI=1S/C11H13Cl2N/c1-14(7-3-6-12)9-10-4-2-5-11(13)8-10/h2-6,8H,7,9H2,1H3/b6-3+. The van der Waals surface area contributed by atoms with Gasteiger partial charge in [0.2, 0.25) is 0 Å². The maximum Gasteiger partial charge on any atom is 0.0409 e. The summed E-state index contributed by atoms with van der Waals surface area (Å²) >= 11 is 11.3. The zero-order valence-electron chi connectivity index (χ0n) is 8.08. The van der Waals surface area contributed by atoms with Gasteiger partial charge in [0, 0.05) is 23.6 Å². The number of halogens is 2. The molecule has 0 saturated heterocycles. The Morgan fingerprint density at radius 1 is 1.43 bits per heavy atom. The topological polar surface area (TPSA) is 3.24 Å². The van der Waals surface area contributed by atoms with Gasteiger partial charge in [0.1, 0.15) is 0 Å². The molecule has 0 bridgehead atoms. The quantitative estimate of drug-likeness (QED) is 0.764. The Bertz CT molecular complexity index is 310. The first-order valence-electron chi connectivity index (χ1n) is 4.40. The van der Waals surface area contributed by atoms with E-state index < -0.39 is 0 Å². The molecule has 0 spiro atoms. The largest absolute Gasteiger partial charge is 0.298 e. The van der Waals surface area contributed by atoms with Gasteiger partial charge in [0.05, 0.1) is 0 Å². The molecule has 0 saturated carbocycles. The minimum absolute atomic E-state index is 0.781. The van der Waals surface area contributed by atoms with E-state index in [9.17, 15) is 0 Å². The van der Waals surface area contributed by atoms with Crippen LogP contribution >= 0.6 is 23.2 Å². The highest BCUT2D eigenvalue weighted by Gasteiger charge is 1.98. The molecule has 0 aliphatic carbocycles. The van der Waals surface area contributed by atoms with Crippen molar-refractivity contribution in [2.75, 3.05) is 13.6 Å².